The van der Waals surface area contributed by atoms with Crippen molar-refractivity contribution >= 4 is 11.3 Å². The average Bonchev–Trinajstić information content (AvgIpc) is 2.35. The van der Waals surface area contributed by atoms with E-state index in [1.54, 1.807) is 0 Å². The summed E-state index contributed by atoms with van der Waals surface area (Å²) >= 11 is 0. The van der Waals surface area contributed by atoms with Crippen molar-refractivity contribution in [3.05, 3.63) is 42.0 Å². The van der Waals surface area contributed by atoms with Gasteiger partial charge in [-0.25, -0.2) is 0 Å². The Hall–Kier alpha value is -1.37. The van der Waals surface area contributed by atoms with Crippen molar-refractivity contribution < 1.29 is 0 Å². The van der Waals surface area contributed by atoms with Crippen molar-refractivity contribution in [1.82, 2.24) is 0 Å². The van der Waals surface area contributed by atoms with Crippen LogP contribution in [0.2, 0.25) is 0 Å². The zero-order valence-corrected chi connectivity index (χ0v) is 10.7. The fraction of sp³-hybridized carbons (Fsp3) is 0.400. The highest BCUT2D eigenvalue weighted by Crippen LogP contribution is 2.27. The third-order valence-corrected chi connectivity index (χ3v) is 3.21. The first kappa shape index (κ1) is 12.7. The molecule has 0 N–H and O–H groups in total. The summed E-state index contributed by atoms with van der Waals surface area (Å²) in [7, 11) is 1.85. The molecule has 1 nitrogen and oxygen atoms in total. The molecule has 1 aromatic rings. The van der Waals surface area contributed by atoms with Gasteiger partial charge >= 0.3 is 0 Å². The molecule has 0 saturated heterocycles. The number of aliphatic imine (C=N–C) groups is 1. The summed E-state index contributed by atoms with van der Waals surface area (Å²) in [4.78, 5) is 4.28. The monoisotopic (exact) mass is 215 g/mol. The van der Waals surface area contributed by atoms with Gasteiger partial charge in [-0.15, -0.1) is 0 Å². The van der Waals surface area contributed by atoms with Gasteiger partial charge in [0.1, 0.15) is 0 Å². The zero-order chi connectivity index (χ0) is 12.1. The summed E-state index contributed by atoms with van der Waals surface area (Å²) in [5, 5.41) is 0. The van der Waals surface area contributed by atoms with E-state index in [1.807, 2.05) is 7.05 Å². The second-order valence-corrected chi connectivity index (χ2v) is 4.13. The van der Waals surface area contributed by atoms with Gasteiger partial charge in [0, 0.05) is 18.7 Å². The van der Waals surface area contributed by atoms with E-state index in [0.29, 0.717) is 5.92 Å². The van der Waals surface area contributed by atoms with Crippen molar-refractivity contribution in [3.63, 3.8) is 0 Å². The minimum atomic E-state index is 0.365. The van der Waals surface area contributed by atoms with Crippen LogP contribution in [0.3, 0.4) is 0 Å². The molecular weight excluding hydrogens is 194 g/mol. The van der Waals surface area contributed by atoms with Crippen LogP contribution in [-0.4, -0.2) is 12.8 Å². The van der Waals surface area contributed by atoms with E-state index in [0.717, 1.165) is 12.1 Å². The maximum absolute atomic E-state index is 4.28. The lowest BCUT2D eigenvalue weighted by Crippen LogP contribution is -2.07. The molecule has 1 heteroatoms. The molecule has 0 spiro atoms. The highest BCUT2D eigenvalue weighted by molar-refractivity contribution is 5.89. The second kappa shape index (κ2) is 5.64. The van der Waals surface area contributed by atoms with Crippen LogP contribution in [0.15, 0.2) is 35.8 Å². The molecule has 1 aromatic carbocycles. The van der Waals surface area contributed by atoms with Gasteiger partial charge in [0.05, 0.1) is 0 Å². The van der Waals surface area contributed by atoms with Crippen LogP contribution in [-0.2, 0) is 0 Å². The van der Waals surface area contributed by atoms with E-state index < -0.39 is 0 Å². The molecule has 16 heavy (non-hydrogen) atoms. The molecule has 86 valence electrons. The molecule has 0 aliphatic rings. The summed E-state index contributed by atoms with van der Waals surface area (Å²) < 4.78 is 0. The predicted octanol–water partition coefficient (Wildman–Crippen LogP) is 4.30. The third-order valence-electron chi connectivity index (χ3n) is 3.21. The van der Waals surface area contributed by atoms with Crippen molar-refractivity contribution in [2.45, 2.75) is 33.1 Å². The Bertz CT molecular complexity index is 402. The Morgan fingerprint density at radius 1 is 1.38 bits per heavy atom. The van der Waals surface area contributed by atoms with Gasteiger partial charge in [-0.3, -0.25) is 4.99 Å². The summed E-state index contributed by atoms with van der Waals surface area (Å²) in [6.45, 7) is 10.6. The molecule has 0 aliphatic heterocycles. The summed E-state index contributed by atoms with van der Waals surface area (Å²) in [5.74, 6) is 0.365. The summed E-state index contributed by atoms with van der Waals surface area (Å²) in [6.07, 6.45) is 0.992. The average molecular weight is 215 g/mol. The number of hydrogen-bond acceptors (Lipinski definition) is 1. The van der Waals surface area contributed by atoms with Crippen molar-refractivity contribution in [2.24, 2.45) is 4.99 Å². The molecular formula is C15H21N. The van der Waals surface area contributed by atoms with Crippen LogP contribution < -0.4 is 0 Å². The maximum Gasteiger partial charge on any atom is 0.0276 e. The fourth-order valence-corrected chi connectivity index (χ4v) is 1.81. The molecule has 0 fully saturated rings. The van der Waals surface area contributed by atoms with E-state index in [-0.39, 0.29) is 0 Å². The standard InChI is InChI=1S/C15H21N/c1-6-11(2)14-9-7-8-10-15(14)12(3)13(4)16-5/h7-10,12H,2,6H2,1,3-5H3. The highest BCUT2D eigenvalue weighted by Gasteiger charge is 2.13. The SMILES string of the molecule is C=C(CC)c1ccccc1C(C)C(C)=NC. The Balaban J connectivity index is 3.18. The molecule has 1 unspecified atom stereocenters. The highest BCUT2D eigenvalue weighted by atomic mass is 14.7. The fourth-order valence-electron chi connectivity index (χ4n) is 1.81. The molecule has 0 aliphatic carbocycles. The minimum absolute atomic E-state index is 0.365. The van der Waals surface area contributed by atoms with Crippen LogP contribution in [0.4, 0.5) is 0 Å². The van der Waals surface area contributed by atoms with Gasteiger partial charge in [0.2, 0.25) is 0 Å². The molecule has 1 atom stereocenters. The van der Waals surface area contributed by atoms with Gasteiger partial charge in [0.25, 0.3) is 0 Å². The van der Waals surface area contributed by atoms with E-state index in [4.69, 9.17) is 0 Å². The lowest BCUT2D eigenvalue weighted by atomic mass is 9.89. The number of nitrogens with zero attached hydrogens (tertiary/aromatic N) is 1. The molecule has 0 radical (unpaired) electrons. The lowest BCUT2D eigenvalue weighted by molar-refractivity contribution is 0.995. The van der Waals surface area contributed by atoms with Crippen LogP contribution >= 0.6 is 0 Å². The first-order chi connectivity index (χ1) is 7.61. The van der Waals surface area contributed by atoms with Crippen LogP contribution in [0.25, 0.3) is 5.57 Å². The van der Waals surface area contributed by atoms with E-state index in [9.17, 15) is 0 Å². The van der Waals surface area contributed by atoms with Gasteiger partial charge in [-0.05, 0) is 30.0 Å². The zero-order valence-electron chi connectivity index (χ0n) is 10.7. The normalized spacial score (nSPS) is 13.6. The molecule has 0 saturated carbocycles. The Labute approximate surface area is 98.9 Å². The first-order valence-electron chi connectivity index (χ1n) is 5.82. The van der Waals surface area contributed by atoms with E-state index in [1.165, 1.54) is 16.7 Å². The van der Waals surface area contributed by atoms with Crippen LogP contribution in [0.5, 0.6) is 0 Å². The molecule has 0 aromatic heterocycles. The number of benzene rings is 1. The second-order valence-electron chi connectivity index (χ2n) is 4.13. The van der Waals surface area contributed by atoms with Gasteiger partial charge in [-0.1, -0.05) is 44.7 Å². The number of hydrogen-bond donors (Lipinski definition) is 0. The van der Waals surface area contributed by atoms with Gasteiger partial charge in [0.15, 0.2) is 0 Å². The smallest absolute Gasteiger partial charge is 0.0276 e. The predicted molar refractivity (Wildman–Crippen MR) is 73.2 cm³/mol. The minimum Gasteiger partial charge on any atom is -0.297 e. The largest absolute Gasteiger partial charge is 0.297 e. The van der Waals surface area contributed by atoms with Crippen molar-refractivity contribution in [3.8, 4) is 0 Å². The number of allylic oxidation sites excluding steroid dienone is 1. The van der Waals surface area contributed by atoms with Crippen LogP contribution in [0.1, 0.15) is 44.2 Å². The van der Waals surface area contributed by atoms with Crippen molar-refractivity contribution in [1.29, 1.82) is 0 Å². The first-order valence-corrected chi connectivity index (χ1v) is 5.82. The third kappa shape index (κ3) is 2.60. The maximum atomic E-state index is 4.28. The van der Waals surface area contributed by atoms with Gasteiger partial charge in [-0.2, -0.15) is 0 Å². The lowest BCUT2D eigenvalue weighted by Gasteiger charge is -2.17. The Kier molecular flexibility index (Phi) is 4.48. The molecule has 0 amide bonds. The molecule has 0 bridgehead atoms. The van der Waals surface area contributed by atoms with Gasteiger partial charge < -0.3 is 0 Å². The number of rotatable bonds is 4. The summed E-state index contributed by atoms with van der Waals surface area (Å²) in [5.41, 5.74) is 4.97. The Morgan fingerprint density at radius 2 is 2.00 bits per heavy atom. The summed E-state index contributed by atoms with van der Waals surface area (Å²) in [6, 6.07) is 8.49. The Morgan fingerprint density at radius 3 is 2.56 bits per heavy atom. The molecule has 1 rings (SSSR count). The van der Waals surface area contributed by atoms with E-state index in [2.05, 4.69) is 56.6 Å². The topological polar surface area (TPSA) is 12.4 Å². The van der Waals surface area contributed by atoms with E-state index >= 15 is 0 Å². The quantitative estimate of drug-likeness (QED) is 0.664. The van der Waals surface area contributed by atoms with Crippen LogP contribution in [0, 0.1) is 0 Å². The molecule has 0 heterocycles. The van der Waals surface area contributed by atoms with Crippen molar-refractivity contribution in [2.75, 3.05) is 7.05 Å².